The topological polar surface area (TPSA) is 102 Å². The Balaban J connectivity index is 1.60. The molecule has 0 fully saturated rings. The molecule has 2 N–H and O–H groups in total. The van der Waals surface area contributed by atoms with E-state index in [1.165, 1.54) is 6.92 Å². The molecule has 35 heavy (non-hydrogen) atoms. The van der Waals surface area contributed by atoms with E-state index in [-0.39, 0.29) is 11.8 Å². The molecule has 3 heterocycles. The van der Waals surface area contributed by atoms with E-state index in [4.69, 9.17) is 9.40 Å². The van der Waals surface area contributed by atoms with Crippen LogP contribution in [0.2, 0.25) is 0 Å². The van der Waals surface area contributed by atoms with Crippen LogP contribution >= 0.6 is 0 Å². The molecule has 0 unspecified atom stereocenters. The number of hydrogen-bond donors (Lipinski definition) is 2. The lowest BCUT2D eigenvalue weighted by Gasteiger charge is -2.14. The number of furan rings is 1. The fourth-order valence-electron chi connectivity index (χ4n) is 3.91. The van der Waals surface area contributed by atoms with Crippen molar-refractivity contribution in [1.82, 2.24) is 14.8 Å². The lowest BCUT2D eigenvalue weighted by atomic mass is 10.1. The minimum absolute atomic E-state index is 0.221. The van der Waals surface area contributed by atoms with Gasteiger partial charge in [-0.25, -0.2) is 9.67 Å². The van der Waals surface area contributed by atoms with Crippen LogP contribution in [0, 0.1) is 6.92 Å². The van der Waals surface area contributed by atoms with E-state index < -0.39 is 0 Å². The van der Waals surface area contributed by atoms with Crippen molar-refractivity contribution < 1.29 is 14.0 Å². The van der Waals surface area contributed by atoms with Gasteiger partial charge in [-0.05, 0) is 42.8 Å². The Kier molecular flexibility index (Phi) is 5.85. The first-order valence-electron chi connectivity index (χ1n) is 11.1. The number of carbonyl (C=O) groups is 2. The molecule has 0 spiro atoms. The van der Waals surface area contributed by atoms with Crippen LogP contribution in [0.3, 0.4) is 0 Å². The highest BCUT2D eigenvalue weighted by molar-refractivity contribution is 6.14. The smallest absolute Gasteiger partial charge is 0.256 e. The fourth-order valence-corrected chi connectivity index (χ4v) is 3.91. The molecule has 0 aliphatic heterocycles. The Labute approximate surface area is 201 Å². The maximum atomic E-state index is 13.6. The Bertz CT molecular complexity index is 1520. The summed E-state index contributed by atoms with van der Waals surface area (Å²) >= 11 is 0. The summed E-state index contributed by atoms with van der Waals surface area (Å²) in [5.74, 6) is 0.179. The van der Waals surface area contributed by atoms with Crippen LogP contribution < -0.4 is 10.6 Å². The van der Waals surface area contributed by atoms with E-state index in [1.807, 2.05) is 61.5 Å². The van der Waals surface area contributed by atoms with Gasteiger partial charge in [-0.3, -0.25) is 9.59 Å². The normalized spacial score (nSPS) is 10.9. The summed E-state index contributed by atoms with van der Waals surface area (Å²) in [6, 6.07) is 20.6. The average molecular weight is 466 g/mol. The number of carbonyl (C=O) groups excluding carboxylic acids is 2. The third kappa shape index (κ3) is 4.67. The summed E-state index contributed by atoms with van der Waals surface area (Å²) in [5.41, 5.74) is 4.51. The second kappa shape index (κ2) is 9.26. The van der Waals surface area contributed by atoms with Crippen molar-refractivity contribution in [2.24, 2.45) is 0 Å². The molecule has 8 heteroatoms. The number of amides is 2. The van der Waals surface area contributed by atoms with Crippen LogP contribution in [-0.4, -0.2) is 26.6 Å². The largest absolute Gasteiger partial charge is 0.467 e. The fraction of sp³-hybridized carbons (Fsp3) is 0.111. The third-order valence-corrected chi connectivity index (χ3v) is 5.54. The molecule has 0 radical (unpaired) electrons. The van der Waals surface area contributed by atoms with Gasteiger partial charge in [-0.2, -0.15) is 5.10 Å². The Hall–Kier alpha value is -4.72. The van der Waals surface area contributed by atoms with Crippen molar-refractivity contribution in [2.75, 3.05) is 10.6 Å². The van der Waals surface area contributed by atoms with Crippen LogP contribution in [-0.2, 0) is 11.3 Å². The predicted octanol–water partition coefficient (Wildman–Crippen LogP) is 5.26. The van der Waals surface area contributed by atoms with Crippen molar-refractivity contribution >= 4 is 34.2 Å². The first kappa shape index (κ1) is 22.1. The molecular weight excluding hydrogens is 442 g/mol. The zero-order chi connectivity index (χ0) is 24.4. The minimum Gasteiger partial charge on any atom is -0.467 e. The Morgan fingerprint density at radius 1 is 0.971 bits per heavy atom. The number of nitrogens with one attached hydrogen (secondary N) is 2. The van der Waals surface area contributed by atoms with E-state index >= 15 is 0 Å². The van der Waals surface area contributed by atoms with Gasteiger partial charge in [-0.15, -0.1) is 0 Å². The Morgan fingerprint density at radius 2 is 1.80 bits per heavy atom. The quantitative estimate of drug-likeness (QED) is 0.356. The maximum absolute atomic E-state index is 13.6. The van der Waals surface area contributed by atoms with Gasteiger partial charge in [0.05, 0.1) is 40.5 Å². The molecule has 2 aromatic carbocycles. The number of hydrogen-bond acceptors (Lipinski definition) is 5. The van der Waals surface area contributed by atoms with Crippen molar-refractivity contribution in [3.8, 4) is 11.3 Å². The molecule has 0 aliphatic rings. The molecule has 0 aliphatic carbocycles. The average Bonchev–Trinajstić information content (AvgIpc) is 3.51. The summed E-state index contributed by atoms with van der Waals surface area (Å²) in [5, 5.41) is 10.8. The van der Waals surface area contributed by atoms with Crippen LogP contribution in [0.1, 0.15) is 28.6 Å². The first-order valence-corrected chi connectivity index (χ1v) is 11.1. The number of rotatable bonds is 6. The van der Waals surface area contributed by atoms with Crippen LogP contribution in [0.5, 0.6) is 0 Å². The summed E-state index contributed by atoms with van der Waals surface area (Å²) in [6.45, 7) is 3.73. The van der Waals surface area contributed by atoms with E-state index in [9.17, 15) is 9.59 Å². The summed E-state index contributed by atoms with van der Waals surface area (Å²) in [4.78, 5) is 30.1. The lowest BCUT2D eigenvalue weighted by Crippen LogP contribution is -2.16. The number of nitrogens with zero attached hydrogens (tertiary/aromatic N) is 3. The van der Waals surface area contributed by atoms with Crippen LogP contribution in [0.4, 0.5) is 11.4 Å². The van der Waals surface area contributed by atoms with Gasteiger partial charge >= 0.3 is 0 Å². The number of aromatic nitrogens is 3. The first-order chi connectivity index (χ1) is 17.0. The SMILES string of the molecule is CC(=O)Nc1ccc(C)cc1NC(=O)c1cc(-c2ccccc2)nc2c1cnn2Cc1ccco1. The zero-order valence-electron chi connectivity index (χ0n) is 19.3. The van der Waals surface area contributed by atoms with E-state index in [0.29, 0.717) is 40.2 Å². The van der Waals surface area contributed by atoms with Crippen molar-refractivity contribution in [3.05, 3.63) is 96.1 Å². The molecule has 0 saturated carbocycles. The molecular formula is C27H23N5O3. The molecule has 5 rings (SSSR count). The number of aryl methyl sites for hydroxylation is 1. The van der Waals surface area contributed by atoms with E-state index in [2.05, 4.69) is 15.7 Å². The molecule has 0 atom stereocenters. The summed E-state index contributed by atoms with van der Waals surface area (Å²) in [6.07, 6.45) is 3.25. The second-order valence-corrected chi connectivity index (χ2v) is 8.22. The summed E-state index contributed by atoms with van der Waals surface area (Å²) < 4.78 is 7.20. The number of pyridine rings is 1. The maximum Gasteiger partial charge on any atom is 0.256 e. The zero-order valence-corrected chi connectivity index (χ0v) is 19.3. The van der Waals surface area contributed by atoms with Crippen molar-refractivity contribution in [2.45, 2.75) is 20.4 Å². The number of fused-ring (bicyclic) bond motifs is 1. The highest BCUT2D eigenvalue weighted by Crippen LogP contribution is 2.28. The van der Waals surface area contributed by atoms with Crippen molar-refractivity contribution in [1.29, 1.82) is 0 Å². The molecule has 0 saturated heterocycles. The third-order valence-electron chi connectivity index (χ3n) is 5.54. The lowest BCUT2D eigenvalue weighted by molar-refractivity contribution is -0.114. The molecule has 8 nitrogen and oxygen atoms in total. The molecule has 3 aromatic heterocycles. The van der Waals surface area contributed by atoms with Gasteiger partial charge in [0.2, 0.25) is 5.91 Å². The molecule has 2 amide bonds. The van der Waals surface area contributed by atoms with E-state index in [1.54, 1.807) is 29.3 Å². The van der Waals surface area contributed by atoms with Gasteiger partial charge < -0.3 is 15.1 Å². The van der Waals surface area contributed by atoms with Gasteiger partial charge in [0.15, 0.2) is 5.65 Å². The Morgan fingerprint density at radius 3 is 2.54 bits per heavy atom. The second-order valence-electron chi connectivity index (χ2n) is 8.22. The van der Waals surface area contributed by atoms with Gasteiger partial charge in [0, 0.05) is 12.5 Å². The highest BCUT2D eigenvalue weighted by atomic mass is 16.3. The summed E-state index contributed by atoms with van der Waals surface area (Å²) in [7, 11) is 0. The van der Waals surface area contributed by atoms with Gasteiger partial charge in [0.1, 0.15) is 12.3 Å². The number of benzene rings is 2. The minimum atomic E-state index is -0.329. The molecule has 174 valence electrons. The van der Waals surface area contributed by atoms with Crippen LogP contribution in [0.15, 0.2) is 83.6 Å². The molecule has 0 bridgehead atoms. The van der Waals surface area contributed by atoms with Crippen molar-refractivity contribution in [3.63, 3.8) is 0 Å². The molecule has 5 aromatic rings. The standard InChI is InChI=1S/C27H23N5O3/c1-17-10-11-23(29-18(2)33)25(13-17)31-27(34)21-14-24(19-7-4-3-5-8-19)30-26-22(21)15-28-32(26)16-20-9-6-12-35-20/h3-15H,16H2,1-2H3,(H,29,33)(H,31,34). The van der Waals surface area contributed by atoms with Gasteiger partial charge in [0.25, 0.3) is 5.91 Å². The number of anilines is 2. The monoisotopic (exact) mass is 465 g/mol. The van der Waals surface area contributed by atoms with Gasteiger partial charge in [-0.1, -0.05) is 36.4 Å². The predicted molar refractivity (Wildman–Crippen MR) is 134 cm³/mol. The van der Waals surface area contributed by atoms with Crippen LogP contribution in [0.25, 0.3) is 22.3 Å². The van der Waals surface area contributed by atoms with E-state index in [0.717, 1.165) is 16.9 Å². The highest BCUT2D eigenvalue weighted by Gasteiger charge is 2.19.